The van der Waals surface area contributed by atoms with Gasteiger partial charge in [0.25, 0.3) is 0 Å². The predicted octanol–water partition coefficient (Wildman–Crippen LogP) is 3.55. The number of benzene rings is 1. The molecule has 1 N–H and O–H groups in total. The first-order chi connectivity index (χ1) is 7.33. The summed E-state index contributed by atoms with van der Waals surface area (Å²) in [7, 11) is 0. The van der Waals surface area contributed by atoms with Crippen molar-refractivity contribution in [2.24, 2.45) is 5.92 Å². The van der Waals surface area contributed by atoms with Gasteiger partial charge in [0.1, 0.15) is 0 Å². The molecule has 1 aliphatic rings. The first-order valence-electron chi connectivity index (χ1n) is 5.78. The van der Waals surface area contributed by atoms with Crippen LogP contribution < -0.4 is 5.32 Å². The van der Waals surface area contributed by atoms with E-state index in [0.717, 1.165) is 19.0 Å². The third-order valence-corrected chi connectivity index (χ3v) is 3.83. The highest BCUT2D eigenvalue weighted by molar-refractivity contribution is 9.10. The molecule has 1 fully saturated rings. The van der Waals surface area contributed by atoms with E-state index in [2.05, 4.69) is 52.4 Å². The van der Waals surface area contributed by atoms with Crippen LogP contribution in [0.4, 0.5) is 0 Å². The summed E-state index contributed by atoms with van der Waals surface area (Å²) >= 11 is 3.66. The van der Waals surface area contributed by atoms with Gasteiger partial charge in [0, 0.05) is 16.9 Å². The number of nitrogens with one attached hydrogen (secondary N) is 1. The van der Waals surface area contributed by atoms with Gasteiger partial charge in [-0.05, 0) is 36.9 Å². The minimum atomic E-state index is 0.695. The third-order valence-electron chi connectivity index (χ3n) is 3.11. The van der Waals surface area contributed by atoms with Gasteiger partial charge in [-0.3, -0.25) is 0 Å². The minimum Gasteiger partial charge on any atom is -0.316 e. The molecule has 0 radical (unpaired) electrons. The first kappa shape index (κ1) is 11.2. The smallest absolute Gasteiger partial charge is 0.0210 e. The lowest BCUT2D eigenvalue weighted by atomic mass is 9.94. The summed E-state index contributed by atoms with van der Waals surface area (Å²) in [6.07, 6.45) is 2.80. The molecule has 1 nitrogen and oxygen atoms in total. The number of halogens is 1. The molecule has 82 valence electrons. The fraction of sp³-hybridized carbons (Fsp3) is 0.538. The molecule has 0 saturated heterocycles. The fourth-order valence-corrected chi connectivity index (χ4v) is 2.68. The van der Waals surface area contributed by atoms with Gasteiger partial charge in [0.2, 0.25) is 0 Å². The third kappa shape index (κ3) is 2.82. The van der Waals surface area contributed by atoms with Crippen molar-refractivity contribution in [3.05, 3.63) is 34.3 Å². The van der Waals surface area contributed by atoms with Crippen molar-refractivity contribution in [2.45, 2.75) is 25.7 Å². The van der Waals surface area contributed by atoms with Crippen LogP contribution in [0.2, 0.25) is 0 Å². The average molecular weight is 268 g/mol. The van der Waals surface area contributed by atoms with Crippen LogP contribution >= 0.6 is 15.9 Å². The molecule has 0 heterocycles. The minimum absolute atomic E-state index is 0.695. The highest BCUT2D eigenvalue weighted by Crippen LogP contribution is 2.44. The van der Waals surface area contributed by atoms with Gasteiger partial charge in [-0.25, -0.2) is 0 Å². The molecule has 15 heavy (non-hydrogen) atoms. The number of likely N-dealkylation sites (N-methyl/N-ethyl adjacent to an activating group) is 1. The van der Waals surface area contributed by atoms with E-state index in [4.69, 9.17) is 0 Å². The van der Waals surface area contributed by atoms with Gasteiger partial charge in [-0.2, -0.15) is 0 Å². The fourth-order valence-electron chi connectivity index (χ4n) is 2.10. The molecule has 1 saturated carbocycles. The second kappa shape index (κ2) is 5.13. The van der Waals surface area contributed by atoms with Crippen molar-refractivity contribution in [1.82, 2.24) is 5.32 Å². The number of rotatable bonds is 5. The highest BCUT2D eigenvalue weighted by atomic mass is 79.9. The van der Waals surface area contributed by atoms with Crippen molar-refractivity contribution in [3.63, 3.8) is 0 Å². The maximum atomic E-state index is 3.66. The lowest BCUT2D eigenvalue weighted by Crippen LogP contribution is -2.22. The largest absolute Gasteiger partial charge is 0.316 e. The lowest BCUT2D eigenvalue weighted by Gasteiger charge is -2.18. The van der Waals surface area contributed by atoms with Gasteiger partial charge >= 0.3 is 0 Å². The summed E-state index contributed by atoms with van der Waals surface area (Å²) in [5.41, 5.74) is 1.47. The van der Waals surface area contributed by atoms with E-state index >= 15 is 0 Å². The topological polar surface area (TPSA) is 12.0 Å². The molecule has 2 heteroatoms. The van der Waals surface area contributed by atoms with Crippen molar-refractivity contribution >= 4 is 15.9 Å². The average Bonchev–Trinajstić information content (AvgIpc) is 3.05. The summed E-state index contributed by atoms with van der Waals surface area (Å²) < 4.78 is 1.26. The van der Waals surface area contributed by atoms with E-state index in [9.17, 15) is 0 Å². The Hall–Kier alpha value is -0.340. The summed E-state index contributed by atoms with van der Waals surface area (Å²) in [6, 6.07) is 8.63. The molecule has 0 bridgehead atoms. The zero-order valence-electron chi connectivity index (χ0n) is 9.17. The molecule has 0 aromatic heterocycles. The normalized spacial score (nSPS) is 17.7. The van der Waals surface area contributed by atoms with E-state index in [1.807, 2.05) is 0 Å². The molecule has 2 rings (SSSR count). The Bertz CT molecular complexity index is 320. The molecule has 1 atom stereocenters. The highest BCUT2D eigenvalue weighted by Gasteiger charge is 2.32. The van der Waals surface area contributed by atoms with Gasteiger partial charge in [0.15, 0.2) is 0 Å². The Balaban J connectivity index is 2.13. The van der Waals surface area contributed by atoms with E-state index < -0.39 is 0 Å². The number of hydrogen-bond donors (Lipinski definition) is 1. The van der Waals surface area contributed by atoms with Crippen molar-refractivity contribution in [2.75, 3.05) is 13.1 Å². The van der Waals surface area contributed by atoms with Crippen LogP contribution in [0.3, 0.4) is 0 Å². The van der Waals surface area contributed by atoms with Gasteiger partial charge in [-0.1, -0.05) is 41.1 Å². The molecule has 0 amide bonds. The molecule has 0 aliphatic heterocycles. The Morgan fingerprint density at radius 1 is 1.40 bits per heavy atom. The van der Waals surface area contributed by atoms with Crippen molar-refractivity contribution in [1.29, 1.82) is 0 Å². The zero-order valence-corrected chi connectivity index (χ0v) is 10.8. The Morgan fingerprint density at radius 3 is 2.73 bits per heavy atom. The summed E-state index contributed by atoms with van der Waals surface area (Å²) in [5.74, 6) is 1.60. The molecule has 1 aromatic rings. The van der Waals surface area contributed by atoms with Gasteiger partial charge in [0.05, 0.1) is 0 Å². The maximum absolute atomic E-state index is 3.66. The molecule has 0 spiro atoms. The monoisotopic (exact) mass is 267 g/mol. The Morgan fingerprint density at radius 2 is 2.13 bits per heavy atom. The van der Waals surface area contributed by atoms with Crippen LogP contribution in [-0.4, -0.2) is 13.1 Å². The lowest BCUT2D eigenvalue weighted by molar-refractivity contribution is 0.544. The molecular weight excluding hydrogens is 250 g/mol. The van der Waals surface area contributed by atoms with Crippen LogP contribution in [0.1, 0.15) is 31.2 Å². The molecule has 1 unspecified atom stereocenters. The first-order valence-corrected chi connectivity index (χ1v) is 6.57. The van der Waals surface area contributed by atoms with E-state index in [1.165, 1.54) is 22.9 Å². The molecule has 1 aromatic carbocycles. The zero-order chi connectivity index (χ0) is 10.7. The van der Waals surface area contributed by atoms with Gasteiger partial charge < -0.3 is 5.32 Å². The summed E-state index contributed by atoms with van der Waals surface area (Å²) in [6.45, 7) is 4.35. The summed E-state index contributed by atoms with van der Waals surface area (Å²) in [4.78, 5) is 0. The van der Waals surface area contributed by atoms with Crippen molar-refractivity contribution in [3.8, 4) is 0 Å². The van der Waals surface area contributed by atoms with Crippen LogP contribution in [0, 0.1) is 5.92 Å². The van der Waals surface area contributed by atoms with E-state index in [-0.39, 0.29) is 0 Å². The Labute approximate surface area is 100 Å². The SMILES string of the molecule is CCNCC(c1ccccc1Br)C1CC1. The van der Waals surface area contributed by atoms with Crippen LogP contribution in [0.15, 0.2) is 28.7 Å². The van der Waals surface area contributed by atoms with Crippen molar-refractivity contribution < 1.29 is 0 Å². The second-order valence-corrected chi connectivity index (χ2v) is 5.13. The molecular formula is C13H18BrN. The van der Waals surface area contributed by atoms with Crippen LogP contribution in [0.5, 0.6) is 0 Å². The quantitative estimate of drug-likeness (QED) is 0.861. The predicted molar refractivity (Wildman–Crippen MR) is 68.2 cm³/mol. The Kier molecular flexibility index (Phi) is 3.81. The second-order valence-electron chi connectivity index (χ2n) is 4.27. The van der Waals surface area contributed by atoms with Crippen LogP contribution in [-0.2, 0) is 0 Å². The maximum Gasteiger partial charge on any atom is 0.0210 e. The van der Waals surface area contributed by atoms with E-state index in [1.54, 1.807) is 0 Å². The van der Waals surface area contributed by atoms with E-state index in [0.29, 0.717) is 5.92 Å². The number of hydrogen-bond acceptors (Lipinski definition) is 1. The standard InChI is InChI=1S/C13H18BrN/c1-2-15-9-12(10-7-8-10)11-5-3-4-6-13(11)14/h3-6,10,12,15H,2,7-9H2,1H3. The molecule has 1 aliphatic carbocycles. The van der Waals surface area contributed by atoms with Gasteiger partial charge in [-0.15, -0.1) is 0 Å². The van der Waals surface area contributed by atoms with Crippen LogP contribution in [0.25, 0.3) is 0 Å². The summed E-state index contributed by atoms with van der Waals surface area (Å²) in [5, 5.41) is 3.47.